The lowest BCUT2D eigenvalue weighted by atomic mass is 10.1. The normalized spacial score (nSPS) is 12.1. The molecule has 0 aliphatic rings. The van der Waals surface area contributed by atoms with Crippen LogP contribution in [0.25, 0.3) is 10.9 Å². The second-order valence-electron chi connectivity index (χ2n) is 8.86. The summed E-state index contributed by atoms with van der Waals surface area (Å²) in [5.41, 5.74) is 5.85. The van der Waals surface area contributed by atoms with E-state index in [4.69, 9.17) is 23.2 Å². The van der Waals surface area contributed by atoms with E-state index in [1.165, 1.54) is 29.7 Å². The first kappa shape index (κ1) is 25.9. The van der Waals surface area contributed by atoms with Crippen molar-refractivity contribution in [2.75, 3.05) is 10.6 Å². The number of hydrogen-bond donors (Lipinski definition) is 2. The SMILES string of the molecule is Cc1ncsc1[C@H](Nc1cc(Cl)c2ncc(C#N)c(Nc3ccc(F)c(Cl)c3)c2c1)c1cn(C(C)C)nn1. The van der Waals surface area contributed by atoms with Gasteiger partial charge in [-0.3, -0.25) is 4.98 Å². The van der Waals surface area contributed by atoms with Crippen LogP contribution in [0.15, 0.2) is 48.2 Å². The predicted molar refractivity (Wildman–Crippen MR) is 149 cm³/mol. The van der Waals surface area contributed by atoms with Crippen LogP contribution in [-0.2, 0) is 0 Å². The minimum absolute atomic E-state index is 0.0375. The first-order valence-electron chi connectivity index (χ1n) is 11.6. The zero-order chi connectivity index (χ0) is 27.0. The van der Waals surface area contributed by atoms with E-state index >= 15 is 0 Å². The molecule has 0 fully saturated rings. The molecule has 3 heterocycles. The Hall–Kier alpha value is -3.78. The lowest BCUT2D eigenvalue weighted by Crippen LogP contribution is -2.13. The number of nitriles is 1. The van der Waals surface area contributed by atoms with Gasteiger partial charge in [-0.05, 0) is 51.1 Å². The molecule has 0 saturated heterocycles. The highest BCUT2D eigenvalue weighted by molar-refractivity contribution is 7.09. The standard InChI is InChI=1S/C26H21Cl2FN8S/c1-13(2)37-11-22(35-36-37)25(26-14(3)32-12-38-26)34-17-6-18-23(33-16-4-5-21(29)19(27)7-16)15(9-30)10-31-24(18)20(28)8-17/h4-8,10-13,25,34H,1-3H3,(H,31,33)/t25-/m1/s1. The van der Waals surface area contributed by atoms with Crippen LogP contribution in [0.2, 0.25) is 10.0 Å². The van der Waals surface area contributed by atoms with E-state index in [0.717, 1.165) is 16.3 Å². The monoisotopic (exact) mass is 566 g/mol. The topological polar surface area (TPSA) is 104 Å². The zero-order valence-corrected chi connectivity index (χ0v) is 22.8. The first-order chi connectivity index (χ1) is 18.2. The number of thiazole rings is 1. The van der Waals surface area contributed by atoms with Gasteiger partial charge in [-0.2, -0.15) is 5.26 Å². The van der Waals surface area contributed by atoms with E-state index in [-0.39, 0.29) is 17.1 Å². The summed E-state index contributed by atoms with van der Waals surface area (Å²) in [5, 5.41) is 26.2. The summed E-state index contributed by atoms with van der Waals surface area (Å²) >= 11 is 14.2. The molecule has 1 atom stereocenters. The maximum Gasteiger partial charge on any atom is 0.141 e. The van der Waals surface area contributed by atoms with Crippen molar-refractivity contribution in [3.8, 4) is 6.07 Å². The largest absolute Gasteiger partial charge is 0.372 e. The second-order valence-corrected chi connectivity index (χ2v) is 10.6. The van der Waals surface area contributed by atoms with E-state index in [1.807, 2.05) is 33.0 Å². The third-order valence-corrected chi connectivity index (χ3v) is 7.52. The Kier molecular flexibility index (Phi) is 7.17. The Morgan fingerprint density at radius 3 is 2.55 bits per heavy atom. The molecule has 38 heavy (non-hydrogen) atoms. The Labute approximate surface area is 232 Å². The molecule has 5 aromatic rings. The quantitative estimate of drug-likeness (QED) is 0.211. The van der Waals surface area contributed by atoms with E-state index in [1.54, 1.807) is 22.3 Å². The van der Waals surface area contributed by atoms with Gasteiger partial charge in [0.2, 0.25) is 0 Å². The van der Waals surface area contributed by atoms with Crippen LogP contribution in [0.4, 0.5) is 21.5 Å². The number of fused-ring (bicyclic) bond motifs is 1. The summed E-state index contributed by atoms with van der Waals surface area (Å²) < 4.78 is 15.5. The average Bonchev–Trinajstić information content (AvgIpc) is 3.55. The summed E-state index contributed by atoms with van der Waals surface area (Å²) in [6.07, 6.45) is 3.35. The molecule has 0 bridgehead atoms. The molecule has 2 N–H and O–H groups in total. The van der Waals surface area contributed by atoms with Gasteiger partial charge in [0.15, 0.2) is 0 Å². The zero-order valence-electron chi connectivity index (χ0n) is 20.5. The third-order valence-electron chi connectivity index (χ3n) is 5.94. The van der Waals surface area contributed by atoms with Crippen LogP contribution in [0.3, 0.4) is 0 Å². The summed E-state index contributed by atoms with van der Waals surface area (Å²) in [7, 11) is 0. The van der Waals surface area contributed by atoms with E-state index in [2.05, 4.69) is 37.0 Å². The van der Waals surface area contributed by atoms with Gasteiger partial charge < -0.3 is 10.6 Å². The molecule has 192 valence electrons. The molecule has 2 aromatic carbocycles. The molecule has 5 rings (SSSR count). The van der Waals surface area contributed by atoms with Crippen molar-refractivity contribution in [1.29, 1.82) is 5.26 Å². The van der Waals surface area contributed by atoms with Crippen LogP contribution in [0.1, 0.15) is 47.8 Å². The number of rotatable bonds is 7. The molecule has 0 spiro atoms. The maximum atomic E-state index is 13.7. The van der Waals surface area contributed by atoms with Gasteiger partial charge in [0, 0.05) is 29.0 Å². The fourth-order valence-corrected chi connectivity index (χ4v) is 5.30. The third kappa shape index (κ3) is 5.00. The highest BCUT2D eigenvalue weighted by atomic mass is 35.5. The fraction of sp³-hybridized carbons (Fsp3) is 0.192. The summed E-state index contributed by atoms with van der Waals surface area (Å²) in [4.78, 5) is 9.81. The van der Waals surface area contributed by atoms with Crippen molar-refractivity contribution < 1.29 is 4.39 Å². The van der Waals surface area contributed by atoms with Gasteiger partial charge in [0.1, 0.15) is 23.6 Å². The number of nitrogens with zero attached hydrogens (tertiary/aromatic N) is 6. The van der Waals surface area contributed by atoms with E-state index in [0.29, 0.717) is 38.6 Å². The minimum Gasteiger partial charge on any atom is -0.372 e. The molecule has 8 nitrogen and oxygen atoms in total. The second kappa shape index (κ2) is 10.5. The van der Waals surface area contributed by atoms with Gasteiger partial charge in [0.25, 0.3) is 0 Å². The van der Waals surface area contributed by atoms with Gasteiger partial charge in [-0.1, -0.05) is 28.4 Å². The molecule has 0 aliphatic heterocycles. The molecule has 0 saturated carbocycles. The number of pyridine rings is 1. The summed E-state index contributed by atoms with van der Waals surface area (Å²) in [5.74, 6) is -0.536. The molecule has 0 amide bonds. The van der Waals surface area contributed by atoms with Crippen molar-refractivity contribution in [3.63, 3.8) is 0 Å². The van der Waals surface area contributed by atoms with Crippen LogP contribution < -0.4 is 10.6 Å². The number of aromatic nitrogens is 5. The molecular weight excluding hydrogens is 546 g/mol. The van der Waals surface area contributed by atoms with Crippen molar-refractivity contribution >= 4 is 62.5 Å². The van der Waals surface area contributed by atoms with Crippen molar-refractivity contribution in [2.45, 2.75) is 32.9 Å². The average molecular weight is 567 g/mol. The molecule has 3 aromatic heterocycles. The summed E-state index contributed by atoms with van der Waals surface area (Å²) in [6, 6.07) is 9.85. The lowest BCUT2D eigenvalue weighted by molar-refractivity contribution is 0.514. The summed E-state index contributed by atoms with van der Waals surface area (Å²) in [6.45, 7) is 6.01. The molecule has 0 aliphatic carbocycles. The number of benzene rings is 2. The maximum absolute atomic E-state index is 13.7. The lowest BCUT2D eigenvalue weighted by Gasteiger charge is -2.19. The van der Waals surface area contributed by atoms with Crippen molar-refractivity contribution in [1.82, 2.24) is 25.0 Å². The Morgan fingerprint density at radius 1 is 1.11 bits per heavy atom. The van der Waals surface area contributed by atoms with Crippen LogP contribution in [0, 0.1) is 24.1 Å². The van der Waals surface area contributed by atoms with Gasteiger partial charge >= 0.3 is 0 Å². The van der Waals surface area contributed by atoms with E-state index in [9.17, 15) is 9.65 Å². The van der Waals surface area contributed by atoms with Gasteiger partial charge in [0.05, 0.1) is 49.1 Å². The predicted octanol–water partition coefficient (Wildman–Crippen LogP) is 7.43. The highest BCUT2D eigenvalue weighted by Gasteiger charge is 2.23. The van der Waals surface area contributed by atoms with Crippen LogP contribution in [-0.4, -0.2) is 25.0 Å². The number of halogens is 3. The Morgan fingerprint density at radius 2 is 1.89 bits per heavy atom. The van der Waals surface area contributed by atoms with E-state index < -0.39 is 5.82 Å². The first-order valence-corrected chi connectivity index (χ1v) is 13.2. The Balaban J connectivity index is 1.61. The smallest absolute Gasteiger partial charge is 0.141 e. The van der Waals surface area contributed by atoms with Gasteiger partial charge in [-0.25, -0.2) is 14.1 Å². The van der Waals surface area contributed by atoms with Crippen LogP contribution in [0.5, 0.6) is 0 Å². The number of anilines is 3. The number of aryl methyl sites for hydroxylation is 1. The molecule has 0 radical (unpaired) electrons. The fourth-order valence-electron chi connectivity index (χ4n) is 3.98. The minimum atomic E-state index is -0.536. The van der Waals surface area contributed by atoms with Crippen molar-refractivity contribution in [2.24, 2.45) is 0 Å². The number of nitrogens with one attached hydrogen (secondary N) is 2. The Bertz CT molecular complexity index is 1690. The van der Waals surface area contributed by atoms with Crippen LogP contribution >= 0.6 is 34.5 Å². The highest BCUT2D eigenvalue weighted by Crippen LogP contribution is 2.38. The van der Waals surface area contributed by atoms with Crippen molar-refractivity contribution in [3.05, 3.63) is 85.9 Å². The van der Waals surface area contributed by atoms with Gasteiger partial charge in [-0.15, -0.1) is 16.4 Å². The molecular formula is C26H21Cl2FN8S. The molecule has 0 unspecified atom stereocenters. The molecule has 12 heteroatoms. The number of hydrogen-bond acceptors (Lipinski definition) is 8.